The van der Waals surface area contributed by atoms with E-state index in [0.717, 1.165) is 67.9 Å². The summed E-state index contributed by atoms with van der Waals surface area (Å²) in [7, 11) is 0.746. The van der Waals surface area contributed by atoms with Gasteiger partial charge < -0.3 is 18.7 Å². The Morgan fingerprint density at radius 3 is 2.03 bits per heavy atom. The second-order valence-corrected chi connectivity index (χ2v) is 17.3. The summed E-state index contributed by atoms with van der Waals surface area (Å²) in [4.78, 5) is 6.50. The number of hydrogen-bond donors (Lipinski definition) is 1. The standard InChI is InChI=1S/C55H35BN2O2/c1-55(2)40-19-8-5-16-35(40)51-41(55)28-45-53(52(51)37-18-11-17-36-50-32-13-4-3-12-30(32)22-24-43(50)57-54(36)37)56-42-29-49-39(34-15-7-10-21-47(34)60-49)27-44(42)58(45)31-23-25-48-38(26-31)33-14-6-9-20-46(33)59-48/h3-29,56-57H,1-2H3. The largest absolute Gasteiger partial charge is 0.456 e. The molecule has 12 aromatic rings. The second-order valence-electron chi connectivity index (χ2n) is 17.3. The van der Waals surface area contributed by atoms with Gasteiger partial charge in [0.1, 0.15) is 22.3 Å². The maximum Gasteiger partial charge on any atom is 0.198 e. The number of nitrogens with zero attached hydrogens (tertiary/aromatic N) is 1. The van der Waals surface area contributed by atoms with Crippen LogP contribution in [0.2, 0.25) is 0 Å². The van der Waals surface area contributed by atoms with E-state index in [4.69, 9.17) is 8.83 Å². The van der Waals surface area contributed by atoms with E-state index >= 15 is 0 Å². The summed E-state index contributed by atoms with van der Waals surface area (Å²) in [6.45, 7) is 4.80. The van der Waals surface area contributed by atoms with Crippen molar-refractivity contribution in [1.29, 1.82) is 0 Å². The molecule has 5 heteroatoms. The number of furan rings is 2. The quantitative estimate of drug-likeness (QED) is 0.178. The minimum atomic E-state index is -0.234. The van der Waals surface area contributed by atoms with Crippen LogP contribution in [-0.4, -0.2) is 12.3 Å². The Kier molecular flexibility index (Phi) is 6.15. The number of aromatic amines is 1. The van der Waals surface area contributed by atoms with Gasteiger partial charge in [-0.15, -0.1) is 0 Å². The maximum absolute atomic E-state index is 6.60. The van der Waals surface area contributed by atoms with Crippen molar-refractivity contribution in [3.05, 3.63) is 175 Å². The number of anilines is 3. The molecule has 1 aliphatic carbocycles. The number of rotatable bonds is 2. The third-order valence-electron chi connectivity index (χ3n) is 13.8. The van der Waals surface area contributed by atoms with Crippen molar-refractivity contribution in [2.24, 2.45) is 0 Å². The van der Waals surface area contributed by atoms with Crippen LogP contribution in [0.1, 0.15) is 25.0 Å². The van der Waals surface area contributed by atoms with Gasteiger partial charge >= 0.3 is 0 Å². The Balaban J connectivity index is 1.13. The first-order valence-electron chi connectivity index (χ1n) is 20.9. The molecule has 0 atom stereocenters. The van der Waals surface area contributed by atoms with Crippen molar-refractivity contribution in [2.75, 3.05) is 4.90 Å². The summed E-state index contributed by atoms with van der Waals surface area (Å²) in [5, 5.41) is 9.50. The molecule has 4 nitrogen and oxygen atoms in total. The molecule has 0 unspecified atom stereocenters. The summed E-state index contributed by atoms with van der Waals surface area (Å²) in [5.41, 5.74) is 19.5. The maximum atomic E-state index is 6.60. The molecule has 280 valence electrons. The highest BCUT2D eigenvalue weighted by Crippen LogP contribution is 2.55. The van der Waals surface area contributed by atoms with Gasteiger partial charge in [0.2, 0.25) is 0 Å². The molecule has 1 aliphatic heterocycles. The second kappa shape index (κ2) is 11.4. The highest BCUT2D eigenvalue weighted by molar-refractivity contribution is 6.74. The Morgan fingerprint density at radius 1 is 0.500 bits per heavy atom. The van der Waals surface area contributed by atoms with E-state index in [1.54, 1.807) is 0 Å². The predicted octanol–water partition coefficient (Wildman–Crippen LogP) is 13.4. The molecule has 2 aliphatic rings. The third-order valence-corrected chi connectivity index (χ3v) is 13.8. The first kappa shape index (κ1) is 32.5. The minimum Gasteiger partial charge on any atom is -0.456 e. The molecule has 0 amide bonds. The summed E-state index contributed by atoms with van der Waals surface area (Å²) in [6, 6.07) is 59.9. The van der Waals surface area contributed by atoms with Gasteiger partial charge in [-0.2, -0.15) is 0 Å². The van der Waals surface area contributed by atoms with Crippen LogP contribution in [0, 0.1) is 0 Å². The molecule has 0 saturated carbocycles. The molecule has 0 radical (unpaired) electrons. The number of nitrogens with one attached hydrogen (secondary N) is 1. The van der Waals surface area contributed by atoms with Crippen LogP contribution in [0.15, 0.2) is 173 Å². The molecule has 0 spiro atoms. The molecule has 4 heterocycles. The van der Waals surface area contributed by atoms with Crippen LogP contribution < -0.4 is 15.8 Å². The van der Waals surface area contributed by atoms with Gasteiger partial charge in [0.15, 0.2) is 7.28 Å². The van der Waals surface area contributed by atoms with E-state index in [1.807, 2.05) is 6.07 Å². The van der Waals surface area contributed by atoms with Crippen molar-refractivity contribution in [2.45, 2.75) is 19.3 Å². The lowest BCUT2D eigenvalue weighted by Crippen LogP contribution is -2.41. The summed E-state index contributed by atoms with van der Waals surface area (Å²) in [6.07, 6.45) is 0. The highest BCUT2D eigenvalue weighted by Gasteiger charge is 2.41. The van der Waals surface area contributed by atoms with Gasteiger partial charge in [-0.1, -0.05) is 129 Å². The molecular weight excluding hydrogens is 731 g/mol. The van der Waals surface area contributed by atoms with Crippen molar-refractivity contribution in [1.82, 2.24) is 4.98 Å². The molecule has 14 rings (SSSR count). The Morgan fingerprint density at radius 2 is 1.18 bits per heavy atom. The van der Waals surface area contributed by atoms with Gasteiger partial charge in [0, 0.05) is 65.9 Å². The SMILES string of the molecule is CC1(C)c2ccccc2-c2c1cc1c(c2-c2cccc3c2[nH]c2ccc4ccccc4c23)Bc2cc3oc4ccccc4c3cc2N1c1ccc2oc3ccccc3c2c1. The number of aromatic nitrogens is 1. The van der Waals surface area contributed by atoms with Crippen LogP contribution in [0.25, 0.3) is 98.7 Å². The molecule has 0 fully saturated rings. The third kappa shape index (κ3) is 4.16. The van der Waals surface area contributed by atoms with Crippen LogP contribution in [-0.2, 0) is 5.41 Å². The molecule has 3 aromatic heterocycles. The number of fused-ring (bicyclic) bond motifs is 16. The molecule has 0 saturated heterocycles. The van der Waals surface area contributed by atoms with Gasteiger partial charge in [-0.25, -0.2) is 0 Å². The van der Waals surface area contributed by atoms with Crippen LogP contribution in [0.4, 0.5) is 17.1 Å². The van der Waals surface area contributed by atoms with Crippen molar-refractivity contribution in [3.8, 4) is 22.3 Å². The number of hydrogen-bond acceptors (Lipinski definition) is 3. The molecule has 9 aromatic carbocycles. The van der Waals surface area contributed by atoms with E-state index in [2.05, 4.69) is 181 Å². The summed E-state index contributed by atoms with van der Waals surface area (Å²) < 4.78 is 13.0. The smallest absolute Gasteiger partial charge is 0.198 e. The Hall–Kier alpha value is -7.50. The molecule has 1 N–H and O–H groups in total. The van der Waals surface area contributed by atoms with E-state index in [9.17, 15) is 0 Å². The first-order valence-corrected chi connectivity index (χ1v) is 20.9. The van der Waals surface area contributed by atoms with Crippen molar-refractivity contribution < 1.29 is 8.83 Å². The van der Waals surface area contributed by atoms with E-state index in [0.29, 0.717) is 0 Å². The van der Waals surface area contributed by atoms with Crippen LogP contribution in [0.5, 0.6) is 0 Å². The lowest BCUT2D eigenvalue weighted by atomic mass is 9.57. The van der Waals surface area contributed by atoms with Gasteiger partial charge in [-0.3, -0.25) is 0 Å². The first-order chi connectivity index (χ1) is 29.5. The average molecular weight is 767 g/mol. The fraction of sp³-hybridized carbons (Fsp3) is 0.0545. The average Bonchev–Trinajstić information content (AvgIpc) is 4.02. The number of benzene rings is 9. The zero-order valence-corrected chi connectivity index (χ0v) is 33.1. The lowest BCUT2D eigenvalue weighted by molar-refractivity contribution is 0.660. The molecule has 60 heavy (non-hydrogen) atoms. The van der Waals surface area contributed by atoms with Crippen LogP contribution in [0.3, 0.4) is 0 Å². The fourth-order valence-corrected chi connectivity index (χ4v) is 11.1. The highest BCUT2D eigenvalue weighted by atomic mass is 16.3. The van der Waals surface area contributed by atoms with E-state index in [1.165, 1.54) is 77.2 Å². The zero-order chi connectivity index (χ0) is 39.4. The summed E-state index contributed by atoms with van der Waals surface area (Å²) in [5.74, 6) is 0. The van der Waals surface area contributed by atoms with Crippen LogP contribution >= 0.6 is 0 Å². The van der Waals surface area contributed by atoms with Crippen molar-refractivity contribution >= 4 is 112 Å². The van der Waals surface area contributed by atoms with Gasteiger partial charge in [0.25, 0.3) is 0 Å². The molecule has 0 bridgehead atoms. The lowest BCUT2D eigenvalue weighted by Gasteiger charge is -2.36. The predicted molar refractivity (Wildman–Crippen MR) is 252 cm³/mol. The van der Waals surface area contributed by atoms with Crippen molar-refractivity contribution in [3.63, 3.8) is 0 Å². The minimum absolute atomic E-state index is 0.234. The zero-order valence-electron chi connectivity index (χ0n) is 33.1. The number of H-pyrrole nitrogens is 1. The van der Waals surface area contributed by atoms with E-state index in [-0.39, 0.29) is 5.41 Å². The number of para-hydroxylation sites is 3. The van der Waals surface area contributed by atoms with Gasteiger partial charge in [-0.05, 0) is 98.6 Å². The van der Waals surface area contributed by atoms with Gasteiger partial charge in [0.05, 0.1) is 5.52 Å². The molecular formula is C55H35BN2O2. The fourth-order valence-electron chi connectivity index (χ4n) is 11.1. The van der Waals surface area contributed by atoms with E-state index < -0.39 is 0 Å². The Bertz CT molecular complexity index is 3860. The summed E-state index contributed by atoms with van der Waals surface area (Å²) >= 11 is 0. The topological polar surface area (TPSA) is 45.3 Å². The monoisotopic (exact) mass is 766 g/mol. The normalized spacial score (nSPS) is 14.1. The Labute approximate surface area is 345 Å².